The van der Waals surface area contributed by atoms with E-state index in [1.807, 2.05) is 19.9 Å². The predicted octanol–water partition coefficient (Wildman–Crippen LogP) is 2.25. The number of ether oxygens (including phenoxy) is 2. The molecule has 0 atom stereocenters. The Balaban J connectivity index is 1.96. The molecule has 134 valence electrons. The summed E-state index contributed by atoms with van der Waals surface area (Å²) in [6, 6.07) is 2.87. The second-order valence-corrected chi connectivity index (χ2v) is 5.38. The van der Waals surface area contributed by atoms with Gasteiger partial charge in [-0.25, -0.2) is 14.2 Å². The Bertz CT molecular complexity index is 768. The molecule has 0 spiro atoms. The number of aryl methyl sites for hydroxylation is 2. The molecule has 7 nitrogen and oxygen atoms in total. The molecule has 25 heavy (non-hydrogen) atoms. The highest BCUT2D eigenvalue weighted by Gasteiger charge is 2.13. The van der Waals surface area contributed by atoms with Crippen LogP contribution in [0.3, 0.4) is 0 Å². The lowest BCUT2D eigenvalue weighted by Gasteiger charge is -2.13. The highest BCUT2D eigenvalue weighted by atomic mass is 19.1. The van der Waals surface area contributed by atoms with E-state index in [0.717, 1.165) is 16.8 Å². The van der Waals surface area contributed by atoms with E-state index < -0.39 is 11.8 Å². The van der Waals surface area contributed by atoms with Gasteiger partial charge < -0.3 is 20.1 Å². The van der Waals surface area contributed by atoms with Gasteiger partial charge >= 0.3 is 6.03 Å². The molecule has 0 fully saturated rings. The minimum Gasteiger partial charge on any atom is -0.494 e. The van der Waals surface area contributed by atoms with Gasteiger partial charge in [0.05, 0.1) is 33.0 Å². The second-order valence-electron chi connectivity index (χ2n) is 5.38. The van der Waals surface area contributed by atoms with E-state index in [4.69, 9.17) is 9.47 Å². The van der Waals surface area contributed by atoms with Crippen molar-refractivity contribution in [2.75, 3.05) is 14.2 Å². The lowest BCUT2D eigenvalue weighted by molar-refractivity contribution is 0.239. The number of carbonyl (C=O) groups is 1. The number of pyridine rings is 2. The molecule has 8 heteroatoms. The summed E-state index contributed by atoms with van der Waals surface area (Å²) in [5.41, 5.74) is 2.68. The van der Waals surface area contributed by atoms with Crippen molar-refractivity contribution >= 4 is 6.03 Å². The van der Waals surface area contributed by atoms with Crippen LogP contribution in [0.4, 0.5) is 9.18 Å². The van der Waals surface area contributed by atoms with Gasteiger partial charge in [-0.15, -0.1) is 0 Å². The normalized spacial score (nSPS) is 10.3. The third kappa shape index (κ3) is 4.56. The number of halogens is 1. The van der Waals surface area contributed by atoms with Crippen LogP contribution in [0, 0.1) is 19.7 Å². The third-order valence-corrected chi connectivity index (χ3v) is 3.62. The Kier molecular flexibility index (Phi) is 6.10. The Hall–Kier alpha value is -2.90. The van der Waals surface area contributed by atoms with Crippen LogP contribution in [0.1, 0.15) is 22.5 Å². The molecule has 0 bridgehead atoms. The van der Waals surface area contributed by atoms with Gasteiger partial charge in [0.15, 0.2) is 11.6 Å². The summed E-state index contributed by atoms with van der Waals surface area (Å²) in [5.74, 6) is -0.0397. The van der Waals surface area contributed by atoms with Gasteiger partial charge in [-0.05, 0) is 25.5 Å². The number of amides is 2. The van der Waals surface area contributed by atoms with Crippen LogP contribution in [0.2, 0.25) is 0 Å². The Morgan fingerprint density at radius 1 is 1.20 bits per heavy atom. The summed E-state index contributed by atoms with van der Waals surface area (Å²) < 4.78 is 24.1. The first-order valence-electron chi connectivity index (χ1n) is 7.66. The summed E-state index contributed by atoms with van der Waals surface area (Å²) in [7, 11) is 2.90. The Morgan fingerprint density at radius 2 is 1.92 bits per heavy atom. The Morgan fingerprint density at radius 3 is 2.60 bits per heavy atom. The number of nitrogens with zero attached hydrogens (tertiary/aromatic N) is 2. The fourth-order valence-electron chi connectivity index (χ4n) is 2.36. The van der Waals surface area contributed by atoms with Crippen LogP contribution in [0.5, 0.6) is 11.6 Å². The van der Waals surface area contributed by atoms with E-state index in [0.29, 0.717) is 5.88 Å². The van der Waals surface area contributed by atoms with Gasteiger partial charge in [-0.1, -0.05) is 0 Å². The van der Waals surface area contributed by atoms with Crippen molar-refractivity contribution in [1.82, 2.24) is 20.6 Å². The molecule has 0 aromatic carbocycles. The van der Waals surface area contributed by atoms with Gasteiger partial charge in [-0.2, -0.15) is 0 Å². The molecular formula is C17H21FN4O3. The van der Waals surface area contributed by atoms with E-state index in [1.165, 1.54) is 26.5 Å². The lowest BCUT2D eigenvalue weighted by atomic mass is 10.1. The number of hydrogen-bond donors (Lipinski definition) is 2. The second kappa shape index (κ2) is 8.27. The topological polar surface area (TPSA) is 85.4 Å². The largest absolute Gasteiger partial charge is 0.494 e. The molecule has 0 aliphatic rings. The number of carbonyl (C=O) groups excluding carboxylic acids is 1. The lowest BCUT2D eigenvalue weighted by Crippen LogP contribution is -2.35. The molecule has 0 aliphatic carbocycles. The first kappa shape index (κ1) is 18.4. The maximum Gasteiger partial charge on any atom is 0.315 e. The molecule has 0 aliphatic heterocycles. The molecule has 2 amide bonds. The number of rotatable bonds is 6. The fraction of sp³-hybridized carbons (Fsp3) is 0.353. The smallest absolute Gasteiger partial charge is 0.315 e. The number of urea groups is 1. The van der Waals surface area contributed by atoms with Crippen LogP contribution in [-0.2, 0) is 13.1 Å². The van der Waals surface area contributed by atoms with Gasteiger partial charge in [0.25, 0.3) is 0 Å². The van der Waals surface area contributed by atoms with E-state index in [1.54, 1.807) is 0 Å². The summed E-state index contributed by atoms with van der Waals surface area (Å²) >= 11 is 0. The van der Waals surface area contributed by atoms with E-state index in [9.17, 15) is 9.18 Å². The van der Waals surface area contributed by atoms with E-state index in [2.05, 4.69) is 20.6 Å². The van der Waals surface area contributed by atoms with Crippen LogP contribution in [0.25, 0.3) is 0 Å². The van der Waals surface area contributed by atoms with Crippen molar-refractivity contribution in [3.05, 3.63) is 46.7 Å². The molecule has 0 saturated carbocycles. The van der Waals surface area contributed by atoms with Crippen molar-refractivity contribution in [1.29, 1.82) is 0 Å². The zero-order valence-electron chi connectivity index (χ0n) is 14.6. The van der Waals surface area contributed by atoms with E-state index in [-0.39, 0.29) is 24.5 Å². The monoisotopic (exact) mass is 348 g/mol. The standard InChI is InChI=1S/C17H21FN4O3/c1-10-7-11(2)22-16(25-4)12(10)8-20-17(23)21-9-13-15(18)14(24-3)5-6-19-13/h5-7H,8-9H2,1-4H3,(H2,20,21,23). The maximum atomic E-state index is 14.0. The highest BCUT2D eigenvalue weighted by Crippen LogP contribution is 2.20. The average molecular weight is 348 g/mol. The zero-order valence-corrected chi connectivity index (χ0v) is 14.6. The van der Waals surface area contributed by atoms with Gasteiger partial charge in [0, 0.05) is 23.5 Å². The van der Waals surface area contributed by atoms with Crippen molar-refractivity contribution < 1.29 is 18.7 Å². The molecule has 2 rings (SSSR count). The third-order valence-electron chi connectivity index (χ3n) is 3.62. The molecule has 2 N–H and O–H groups in total. The van der Waals surface area contributed by atoms with Gasteiger partial charge in [0.1, 0.15) is 0 Å². The summed E-state index contributed by atoms with van der Waals surface area (Å²) in [4.78, 5) is 20.2. The zero-order chi connectivity index (χ0) is 18.4. The quantitative estimate of drug-likeness (QED) is 0.836. The Labute approximate surface area is 145 Å². The van der Waals surface area contributed by atoms with Crippen molar-refractivity contribution in [2.24, 2.45) is 0 Å². The summed E-state index contributed by atoms with van der Waals surface area (Å²) in [5, 5.41) is 5.26. The minimum atomic E-state index is -0.592. The minimum absolute atomic E-state index is 0.0584. The van der Waals surface area contributed by atoms with Crippen molar-refractivity contribution in [2.45, 2.75) is 26.9 Å². The van der Waals surface area contributed by atoms with Crippen LogP contribution in [-0.4, -0.2) is 30.2 Å². The SMILES string of the molecule is COc1ccnc(CNC(=O)NCc2c(C)cc(C)nc2OC)c1F. The van der Waals surface area contributed by atoms with Crippen LogP contribution < -0.4 is 20.1 Å². The predicted molar refractivity (Wildman–Crippen MR) is 90.1 cm³/mol. The number of methoxy groups -OCH3 is 2. The van der Waals surface area contributed by atoms with Gasteiger partial charge in [0.2, 0.25) is 5.88 Å². The van der Waals surface area contributed by atoms with Crippen LogP contribution in [0.15, 0.2) is 18.3 Å². The van der Waals surface area contributed by atoms with Gasteiger partial charge in [-0.3, -0.25) is 4.98 Å². The average Bonchev–Trinajstić information content (AvgIpc) is 2.59. The number of nitrogens with one attached hydrogen (secondary N) is 2. The molecule has 0 radical (unpaired) electrons. The fourth-order valence-corrected chi connectivity index (χ4v) is 2.36. The first-order valence-corrected chi connectivity index (χ1v) is 7.66. The van der Waals surface area contributed by atoms with Crippen molar-refractivity contribution in [3.8, 4) is 11.6 Å². The van der Waals surface area contributed by atoms with E-state index >= 15 is 0 Å². The molecule has 2 aromatic heterocycles. The van der Waals surface area contributed by atoms with Crippen molar-refractivity contribution in [3.63, 3.8) is 0 Å². The molecule has 0 saturated heterocycles. The summed E-state index contributed by atoms with van der Waals surface area (Å²) in [6.07, 6.45) is 1.42. The number of hydrogen-bond acceptors (Lipinski definition) is 5. The summed E-state index contributed by atoms with van der Waals surface area (Å²) in [6.45, 7) is 3.97. The molecule has 2 aromatic rings. The molecule has 0 unspecified atom stereocenters. The maximum absolute atomic E-state index is 14.0. The molecular weight excluding hydrogens is 327 g/mol. The highest BCUT2D eigenvalue weighted by molar-refractivity contribution is 5.73. The first-order chi connectivity index (χ1) is 12.0. The van der Waals surface area contributed by atoms with Crippen LogP contribution >= 0.6 is 0 Å². The molecule has 2 heterocycles. The number of aromatic nitrogens is 2.